The molecule has 1 aromatic rings. The van der Waals surface area contributed by atoms with Crippen LogP contribution in [0.1, 0.15) is 39.7 Å². The number of hydrogen-bond acceptors (Lipinski definition) is 2. The Kier molecular flexibility index (Phi) is 11.6. The van der Waals surface area contributed by atoms with E-state index in [1.165, 1.54) is 25.1 Å². The van der Waals surface area contributed by atoms with Gasteiger partial charge in [0.15, 0.2) is 0 Å². The van der Waals surface area contributed by atoms with Gasteiger partial charge in [-0.15, -0.1) is 0 Å². The fourth-order valence-corrected chi connectivity index (χ4v) is 1.91. The van der Waals surface area contributed by atoms with E-state index in [1.807, 2.05) is 13.8 Å². The molecule has 0 N–H and O–H groups in total. The van der Waals surface area contributed by atoms with Gasteiger partial charge in [-0.1, -0.05) is 58.0 Å². The second-order valence-electron chi connectivity index (χ2n) is 4.60. The first-order valence-electron chi connectivity index (χ1n) is 7.71. The predicted molar refractivity (Wildman–Crippen MR) is 86.5 cm³/mol. The van der Waals surface area contributed by atoms with E-state index in [2.05, 4.69) is 61.0 Å². The lowest BCUT2D eigenvalue weighted by Crippen LogP contribution is -2.28. The molecule has 0 saturated carbocycles. The molecule has 2 nitrogen and oxygen atoms in total. The minimum absolute atomic E-state index is 1.08. The van der Waals surface area contributed by atoms with Crippen LogP contribution in [-0.2, 0) is 6.54 Å². The van der Waals surface area contributed by atoms with Crippen LogP contribution in [0.15, 0.2) is 30.3 Å². The average Bonchev–Trinajstić information content (AvgIpc) is 2.49. The third-order valence-corrected chi connectivity index (χ3v) is 3.25. The maximum Gasteiger partial charge on any atom is 0.0233 e. The first-order valence-corrected chi connectivity index (χ1v) is 7.71. The first-order chi connectivity index (χ1) is 9.26. The molecule has 0 aliphatic rings. The second-order valence-corrected chi connectivity index (χ2v) is 4.60. The summed E-state index contributed by atoms with van der Waals surface area (Å²) in [4.78, 5) is 4.88. The summed E-state index contributed by atoms with van der Waals surface area (Å²) in [5.74, 6) is 0. The predicted octanol–water partition coefficient (Wildman–Crippen LogP) is 3.88. The summed E-state index contributed by atoms with van der Waals surface area (Å²) >= 11 is 0. The lowest BCUT2D eigenvalue weighted by Gasteiger charge is -2.22. The van der Waals surface area contributed by atoms with Crippen LogP contribution in [0.25, 0.3) is 0 Å². The van der Waals surface area contributed by atoms with E-state index in [9.17, 15) is 0 Å². The summed E-state index contributed by atoms with van der Waals surface area (Å²) in [5, 5.41) is 0. The Morgan fingerprint density at radius 1 is 0.895 bits per heavy atom. The molecule has 0 bridgehead atoms. The summed E-state index contributed by atoms with van der Waals surface area (Å²) in [5.41, 5.74) is 1.41. The molecule has 0 atom stereocenters. The quantitative estimate of drug-likeness (QED) is 0.703. The average molecular weight is 264 g/mol. The Hall–Kier alpha value is -0.860. The van der Waals surface area contributed by atoms with Crippen molar-refractivity contribution in [1.82, 2.24) is 9.80 Å². The van der Waals surface area contributed by atoms with Crippen molar-refractivity contribution in [3.05, 3.63) is 35.9 Å². The monoisotopic (exact) mass is 264 g/mol. The van der Waals surface area contributed by atoms with Crippen LogP contribution in [0.2, 0.25) is 0 Å². The number of nitrogens with zero attached hydrogens (tertiary/aromatic N) is 2. The smallest absolute Gasteiger partial charge is 0.0233 e. The highest BCUT2D eigenvalue weighted by Gasteiger charge is 2.03. The Morgan fingerprint density at radius 2 is 1.53 bits per heavy atom. The third-order valence-electron chi connectivity index (χ3n) is 3.25. The maximum atomic E-state index is 2.51. The minimum Gasteiger partial charge on any atom is -0.307 e. The van der Waals surface area contributed by atoms with Crippen molar-refractivity contribution in [3.63, 3.8) is 0 Å². The van der Waals surface area contributed by atoms with Crippen molar-refractivity contribution < 1.29 is 0 Å². The van der Waals surface area contributed by atoms with Gasteiger partial charge in [-0.25, -0.2) is 0 Å². The molecule has 19 heavy (non-hydrogen) atoms. The summed E-state index contributed by atoms with van der Waals surface area (Å²) in [6, 6.07) is 10.7. The highest BCUT2D eigenvalue weighted by Crippen LogP contribution is 2.04. The van der Waals surface area contributed by atoms with Gasteiger partial charge in [-0.05, 0) is 45.2 Å². The first kappa shape index (κ1) is 18.1. The zero-order chi connectivity index (χ0) is 14.5. The van der Waals surface area contributed by atoms with E-state index in [1.54, 1.807) is 0 Å². The van der Waals surface area contributed by atoms with E-state index < -0.39 is 0 Å². The van der Waals surface area contributed by atoms with Crippen molar-refractivity contribution in [1.29, 1.82) is 0 Å². The molecule has 1 aromatic carbocycles. The van der Waals surface area contributed by atoms with E-state index in [0.29, 0.717) is 0 Å². The van der Waals surface area contributed by atoms with Gasteiger partial charge in [-0.3, -0.25) is 4.90 Å². The largest absolute Gasteiger partial charge is 0.307 e. The Balaban J connectivity index is 0.00000154. The molecule has 0 aliphatic carbocycles. The lowest BCUT2D eigenvalue weighted by atomic mass is 10.2. The molecule has 0 fully saturated rings. The maximum absolute atomic E-state index is 2.51. The fraction of sp³-hybridized carbons (Fsp3) is 0.647. The van der Waals surface area contributed by atoms with E-state index >= 15 is 0 Å². The highest BCUT2D eigenvalue weighted by atomic mass is 15.1. The van der Waals surface area contributed by atoms with Crippen molar-refractivity contribution in [2.24, 2.45) is 0 Å². The summed E-state index contributed by atoms with van der Waals surface area (Å²) < 4.78 is 0. The van der Waals surface area contributed by atoms with Crippen molar-refractivity contribution >= 4 is 0 Å². The standard InChI is InChI=1S/C15H26N2.C2H6/c1-4-16(3)12-9-13-17(5-2)14-15-10-7-6-8-11-15;1-2/h6-8,10-11H,4-5,9,12-14H2,1-3H3;1-2H3. The normalized spacial score (nSPS) is 10.5. The van der Waals surface area contributed by atoms with Crippen LogP contribution in [0.5, 0.6) is 0 Å². The van der Waals surface area contributed by atoms with Crippen LogP contribution in [-0.4, -0.2) is 43.0 Å². The van der Waals surface area contributed by atoms with Gasteiger partial charge in [-0.2, -0.15) is 0 Å². The van der Waals surface area contributed by atoms with E-state index in [-0.39, 0.29) is 0 Å². The summed E-state index contributed by atoms with van der Waals surface area (Å²) in [6.45, 7) is 14.2. The van der Waals surface area contributed by atoms with Crippen LogP contribution in [0.3, 0.4) is 0 Å². The molecule has 0 saturated heterocycles. The molecule has 0 radical (unpaired) electrons. The Bertz CT molecular complexity index is 285. The summed E-state index contributed by atoms with van der Waals surface area (Å²) in [7, 11) is 2.19. The zero-order valence-electron chi connectivity index (χ0n) is 13.5. The molecule has 0 spiro atoms. The molecule has 0 aromatic heterocycles. The van der Waals surface area contributed by atoms with Gasteiger partial charge in [0.25, 0.3) is 0 Å². The van der Waals surface area contributed by atoms with Gasteiger partial charge in [0.1, 0.15) is 0 Å². The van der Waals surface area contributed by atoms with Crippen LogP contribution < -0.4 is 0 Å². The topological polar surface area (TPSA) is 6.48 Å². The molecule has 0 unspecified atom stereocenters. The number of rotatable bonds is 8. The minimum atomic E-state index is 1.08. The van der Waals surface area contributed by atoms with Gasteiger partial charge in [0, 0.05) is 6.54 Å². The van der Waals surface area contributed by atoms with Crippen LogP contribution >= 0.6 is 0 Å². The van der Waals surface area contributed by atoms with E-state index in [0.717, 1.165) is 19.6 Å². The zero-order valence-corrected chi connectivity index (χ0v) is 13.5. The Morgan fingerprint density at radius 3 is 2.05 bits per heavy atom. The molecule has 0 heterocycles. The van der Waals surface area contributed by atoms with Crippen molar-refractivity contribution in [2.45, 2.75) is 40.7 Å². The summed E-state index contributed by atoms with van der Waals surface area (Å²) in [6.07, 6.45) is 1.25. The molecular formula is C17H32N2. The number of benzene rings is 1. The second kappa shape index (κ2) is 12.2. The van der Waals surface area contributed by atoms with Crippen LogP contribution in [0, 0.1) is 0 Å². The molecule has 1 rings (SSSR count). The third kappa shape index (κ3) is 8.79. The van der Waals surface area contributed by atoms with E-state index in [4.69, 9.17) is 0 Å². The molecule has 0 amide bonds. The molecule has 110 valence electrons. The van der Waals surface area contributed by atoms with Gasteiger partial charge in [0.2, 0.25) is 0 Å². The Labute approximate surface area is 120 Å². The lowest BCUT2D eigenvalue weighted by molar-refractivity contribution is 0.251. The molecule has 2 heteroatoms. The van der Waals surface area contributed by atoms with Gasteiger partial charge < -0.3 is 4.90 Å². The van der Waals surface area contributed by atoms with Crippen molar-refractivity contribution in [2.75, 3.05) is 33.2 Å². The van der Waals surface area contributed by atoms with Crippen molar-refractivity contribution in [3.8, 4) is 0 Å². The molecule has 0 aliphatic heterocycles. The van der Waals surface area contributed by atoms with Gasteiger partial charge in [0.05, 0.1) is 0 Å². The molecular weight excluding hydrogens is 232 g/mol. The fourth-order valence-electron chi connectivity index (χ4n) is 1.91. The SMILES string of the molecule is CC.CCN(C)CCCN(CC)Cc1ccccc1. The number of hydrogen-bond donors (Lipinski definition) is 0. The highest BCUT2D eigenvalue weighted by molar-refractivity contribution is 5.14. The van der Waals surface area contributed by atoms with Gasteiger partial charge >= 0.3 is 0 Å². The van der Waals surface area contributed by atoms with Crippen LogP contribution in [0.4, 0.5) is 0 Å².